The van der Waals surface area contributed by atoms with Gasteiger partial charge in [-0.1, -0.05) is 48.1 Å². The van der Waals surface area contributed by atoms with Crippen LogP contribution in [0.1, 0.15) is 31.2 Å². The summed E-state index contributed by atoms with van der Waals surface area (Å²) < 4.78 is 13.8. The van der Waals surface area contributed by atoms with Crippen molar-refractivity contribution in [1.29, 1.82) is 0 Å². The summed E-state index contributed by atoms with van der Waals surface area (Å²) in [7, 11) is 0. The lowest BCUT2D eigenvalue weighted by Gasteiger charge is -2.34. The maximum atomic E-state index is 13.0. The average molecular weight is 464 g/mol. The van der Waals surface area contributed by atoms with Crippen LogP contribution in [-0.2, 0) is 16.0 Å². The van der Waals surface area contributed by atoms with E-state index >= 15 is 0 Å². The molecule has 166 valence electrons. The van der Waals surface area contributed by atoms with Crippen LogP contribution in [0.3, 0.4) is 0 Å². The second kappa shape index (κ2) is 10.4. The van der Waals surface area contributed by atoms with E-state index in [1.807, 2.05) is 4.90 Å². The third-order valence-electron chi connectivity index (χ3n) is 5.61. The molecule has 0 unspecified atom stereocenters. The monoisotopic (exact) mass is 463 g/mol. The Kier molecular flexibility index (Phi) is 7.39. The number of nitrogens with zero attached hydrogens (tertiary/aromatic N) is 4. The molecular weight excluding hydrogens is 437 g/mol. The van der Waals surface area contributed by atoms with Gasteiger partial charge in [0.05, 0.1) is 12.2 Å². The summed E-state index contributed by atoms with van der Waals surface area (Å²) in [5.41, 5.74) is 0.816. The molecule has 0 spiro atoms. The molecule has 0 bridgehead atoms. The third-order valence-corrected chi connectivity index (χ3v) is 7.73. The van der Waals surface area contributed by atoms with Crippen LogP contribution in [0.15, 0.2) is 28.6 Å². The first-order valence-electron chi connectivity index (χ1n) is 10.6. The van der Waals surface area contributed by atoms with Gasteiger partial charge in [0.15, 0.2) is 4.34 Å². The summed E-state index contributed by atoms with van der Waals surface area (Å²) in [5.74, 6) is 0.167. The molecule has 2 fully saturated rings. The van der Waals surface area contributed by atoms with Gasteiger partial charge >= 0.3 is 0 Å². The number of hydrogen-bond donors (Lipinski definition) is 1. The fourth-order valence-corrected chi connectivity index (χ4v) is 5.59. The van der Waals surface area contributed by atoms with Crippen molar-refractivity contribution >= 4 is 40.0 Å². The highest BCUT2D eigenvalue weighted by molar-refractivity contribution is 8.01. The molecule has 2 aliphatic rings. The molecule has 1 saturated carbocycles. The van der Waals surface area contributed by atoms with Crippen LogP contribution in [0.5, 0.6) is 0 Å². The van der Waals surface area contributed by atoms with Gasteiger partial charge in [0.25, 0.3) is 0 Å². The van der Waals surface area contributed by atoms with Crippen LogP contribution in [-0.4, -0.2) is 64.9 Å². The average Bonchev–Trinajstić information content (AvgIpc) is 3.46. The molecule has 10 heteroatoms. The molecule has 1 aliphatic heterocycles. The smallest absolute Gasteiger partial charge is 0.230 e. The van der Waals surface area contributed by atoms with Crippen molar-refractivity contribution in [2.24, 2.45) is 0 Å². The fraction of sp³-hybridized carbons (Fsp3) is 0.524. The number of carbonyl (C=O) groups excluding carboxylic acids is 2. The number of hydrogen-bond acceptors (Lipinski definition) is 7. The predicted molar refractivity (Wildman–Crippen MR) is 120 cm³/mol. The highest BCUT2D eigenvalue weighted by atomic mass is 32.2. The normalized spacial score (nSPS) is 17.2. The lowest BCUT2D eigenvalue weighted by Crippen LogP contribution is -2.49. The van der Waals surface area contributed by atoms with Crippen molar-refractivity contribution < 1.29 is 14.0 Å². The molecule has 31 heavy (non-hydrogen) atoms. The number of thioether (sulfide) groups is 1. The first kappa shape index (κ1) is 22.0. The van der Waals surface area contributed by atoms with Gasteiger partial charge in [-0.05, 0) is 30.5 Å². The first-order chi connectivity index (χ1) is 15.1. The van der Waals surface area contributed by atoms with Crippen molar-refractivity contribution in [2.45, 2.75) is 42.5 Å². The molecule has 1 N–H and O–H groups in total. The van der Waals surface area contributed by atoms with Crippen molar-refractivity contribution in [3.05, 3.63) is 35.6 Å². The lowest BCUT2D eigenvalue weighted by molar-refractivity contribution is -0.130. The zero-order valence-electron chi connectivity index (χ0n) is 17.3. The highest BCUT2D eigenvalue weighted by Crippen LogP contribution is 2.29. The summed E-state index contributed by atoms with van der Waals surface area (Å²) in [6, 6.07) is 6.39. The van der Waals surface area contributed by atoms with E-state index in [-0.39, 0.29) is 24.1 Å². The van der Waals surface area contributed by atoms with Crippen molar-refractivity contribution in [2.75, 3.05) is 36.8 Å². The van der Waals surface area contributed by atoms with E-state index in [2.05, 4.69) is 20.4 Å². The van der Waals surface area contributed by atoms with E-state index in [1.165, 1.54) is 48.1 Å². The number of nitrogens with one attached hydrogen (secondary N) is 1. The second-order valence-electron chi connectivity index (χ2n) is 7.86. The Labute approximate surface area is 189 Å². The Balaban J connectivity index is 1.21. The van der Waals surface area contributed by atoms with E-state index in [4.69, 9.17) is 0 Å². The van der Waals surface area contributed by atoms with Gasteiger partial charge in [0.2, 0.25) is 16.9 Å². The zero-order chi connectivity index (χ0) is 21.6. The van der Waals surface area contributed by atoms with Gasteiger partial charge in [0, 0.05) is 32.2 Å². The molecule has 4 rings (SSSR count). The number of halogens is 1. The van der Waals surface area contributed by atoms with E-state index in [1.54, 1.807) is 12.1 Å². The number of rotatable bonds is 7. The minimum atomic E-state index is -0.297. The van der Waals surface area contributed by atoms with Gasteiger partial charge in [-0.15, -0.1) is 10.2 Å². The Bertz CT molecular complexity index is 893. The van der Waals surface area contributed by atoms with Gasteiger partial charge in [-0.3, -0.25) is 9.59 Å². The molecule has 1 aliphatic carbocycles. The maximum Gasteiger partial charge on any atom is 0.230 e. The van der Waals surface area contributed by atoms with Crippen molar-refractivity contribution in [3.8, 4) is 0 Å². The van der Waals surface area contributed by atoms with E-state index in [9.17, 15) is 14.0 Å². The number of anilines is 1. The molecule has 1 aromatic heterocycles. The van der Waals surface area contributed by atoms with Crippen LogP contribution in [0.2, 0.25) is 0 Å². The third kappa shape index (κ3) is 6.16. The summed E-state index contributed by atoms with van der Waals surface area (Å²) >= 11 is 2.90. The Hall–Kier alpha value is -2.20. The summed E-state index contributed by atoms with van der Waals surface area (Å²) in [5, 5.41) is 12.4. The molecular formula is C21H26FN5O2S2. The molecule has 0 radical (unpaired) electrons. The number of amides is 2. The standard InChI is InChI=1S/C21H26FN5O2S2/c22-16-7-5-15(6-8-16)13-19(29)26-9-11-27(12-10-26)20-24-25-21(31-20)30-14-18(28)23-17-3-1-2-4-17/h5-8,17H,1-4,9-14H2,(H,23,28). The van der Waals surface area contributed by atoms with E-state index in [0.29, 0.717) is 38.0 Å². The Morgan fingerprint density at radius 3 is 2.52 bits per heavy atom. The summed E-state index contributed by atoms with van der Waals surface area (Å²) in [6.07, 6.45) is 4.84. The van der Waals surface area contributed by atoms with E-state index < -0.39 is 0 Å². The molecule has 0 atom stereocenters. The molecule has 2 aromatic rings. The predicted octanol–water partition coefficient (Wildman–Crippen LogP) is 2.72. The highest BCUT2D eigenvalue weighted by Gasteiger charge is 2.24. The van der Waals surface area contributed by atoms with E-state index in [0.717, 1.165) is 27.9 Å². The molecule has 1 aromatic carbocycles. The summed E-state index contributed by atoms with van der Waals surface area (Å²) in [6.45, 7) is 2.62. The molecule has 1 saturated heterocycles. The van der Waals surface area contributed by atoms with Gasteiger partial charge in [-0.2, -0.15) is 0 Å². The molecule has 7 nitrogen and oxygen atoms in total. The number of aromatic nitrogens is 2. The second-order valence-corrected chi connectivity index (χ2v) is 10.0. The largest absolute Gasteiger partial charge is 0.353 e. The number of benzene rings is 1. The molecule has 2 amide bonds. The van der Waals surface area contributed by atoms with Crippen LogP contribution < -0.4 is 10.2 Å². The van der Waals surface area contributed by atoms with Gasteiger partial charge < -0.3 is 15.1 Å². The lowest BCUT2D eigenvalue weighted by atomic mass is 10.1. The fourth-order valence-electron chi connectivity index (χ4n) is 3.89. The Morgan fingerprint density at radius 2 is 1.81 bits per heavy atom. The van der Waals surface area contributed by atoms with Crippen LogP contribution in [0.25, 0.3) is 0 Å². The number of piperazine rings is 1. The first-order valence-corrected chi connectivity index (χ1v) is 12.4. The van der Waals surface area contributed by atoms with Crippen LogP contribution >= 0.6 is 23.1 Å². The quantitative estimate of drug-likeness (QED) is 0.636. The maximum absolute atomic E-state index is 13.0. The zero-order valence-corrected chi connectivity index (χ0v) is 18.9. The van der Waals surface area contributed by atoms with Gasteiger partial charge in [0.1, 0.15) is 5.82 Å². The minimum Gasteiger partial charge on any atom is -0.353 e. The number of carbonyl (C=O) groups is 2. The Morgan fingerprint density at radius 1 is 1.10 bits per heavy atom. The molecule has 2 heterocycles. The minimum absolute atomic E-state index is 0.0491. The summed E-state index contributed by atoms with van der Waals surface area (Å²) in [4.78, 5) is 28.6. The van der Waals surface area contributed by atoms with Crippen LogP contribution in [0.4, 0.5) is 9.52 Å². The van der Waals surface area contributed by atoms with Crippen LogP contribution in [0, 0.1) is 5.82 Å². The van der Waals surface area contributed by atoms with Gasteiger partial charge in [-0.25, -0.2) is 4.39 Å². The topological polar surface area (TPSA) is 78.4 Å². The SMILES string of the molecule is O=C(CSc1nnc(N2CCN(C(=O)Cc3ccc(F)cc3)CC2)s1)NC1CCCC1. The van der Waals surface area contributed by atoms with Crippen molar-refractivity contribution in [1.82, 2.24) is 20.4 Å². The van der Waals surface area contributed by atoms with Crippen molar-refractivity contribution in [3.63, 3.8) is 0 Å².